The molecule has 0 aliphatic heterocycles. The van der Waals surface area contributed by atoms with Crippen molar-refractivity contribution in [1.29, 1.82) is 0 Å². The smallest absolute Gasteiger partial charge is 0.259 e. The van der Waals surface area contributed by atoms with E-state index < -0.39 is 77.3 Å². The molecule has 1 unspecified atom stereocenters. The lowest BCUT2D eigenvalue weighted by molar-refractivity contribution is -0.154. The predicted octanol–water partition coefficient (Wildman–Crippen LogP) is 5.14. The number of halogens is 5. The zero-order valence-corrected chi connectivity index (χ0v) is 24.6. The van der Waals surface area contributed by atoms with Gasteiger partial charge in [-0.2, -0.15) is 13.8 Å². The minimum absolute atomic E-state index is 0.0306. The molecule has 0 bridgehead atoms. The van der Waals surface area contributed by atoms with Crippen LogP contribution in [0.3, 0.4) is 0 Å². The molecule has 1 aromatic heterocycles. The van der Waals surface area contributed by atoms with Crippen LogP contribution in [0, 0.1) is 23.3 Å². The van der Waals surface area contributed by atoms with E-state index in [1.807, 2.05) is 0 Å². The first kappa shape index (κ1) is 33.0. The molecular weight excluding hydrogens is 622 g/mol. The number of nitrogens with one attached hydrogen (secondary N) is 1. The molecule has 0 spiro atoms. The Labute approximate surface area is 258 Å². The minimum atomic E-state index is -1.88. The van der Waals surface area contributed by atoms with Gasteiger partial charge in [0.15, 0.2) is 28.9 Å². The van der Waals surface area contributed by atoms with Crippen LogP contribution in [0.4, 0.5) is 17.6 Å². The number of pyridine rings is 1. The van der Waals surface area contributed by atoms with Crippen LogP contribution < -0.4 is 20.5 Å². The van der Waals surface area contributed by atoms with Crippen LogP contribution in [0.25, 0.3) is 10.8 Å². The Kier molecular flexibility index (Phi) is 10.4. The molecule has 1 heterocycles. The highest BCUT2D eigenvalue weighted by atomic mass is 35.5. The summed E-state index contributed by atoms with van der Waals surface area (Å²) in [6, 6.07) is 11.5. The molecule has 2 amide bonds. The van der Waals surface area contributed by atoms with E-state index >= 15 is 0 Å². The van der Waals surface area contributed by atoms with Crippen molar-refractivity contribution < 1.29 is 41.5 Å². The number of ketones is 1. The van der Waals surface area contributed by atoms with Crippen LogP contribution >= 0.6 is 11.6 Å². The maximum Gasteiger partial charge on any atom is 0.259 e. The summed E-state index contributed by atoms with van der Waals surface area (Å²) in [4.78, 5) is 58.4. The van der Waals surface area contributed by atoms with Crippen LogP contribution in [0.1, 0.15) is 25.8 Å². The van der Waals surface area contributed by atoms with Crippen molar-refractivity contribution in [2.45, 2.75) is 31.8 Å². The number of para-hydroxylation sites is 1. The molecule has 0 saturated carbocycles. The summed E-state index contributed by atoms with van der Waals surface area (Å²) in [5, 5.41) is 4.31. The average Bonchev–Trinajstić information content (AvgIpc) is 3.01. The average molecular weight is 648 g/mol. The maximum atomic E-state index is 14.1. The molecule has 4 rings (SSSR count). The number of hydrogen-bond donors (Lipinski definition) is 1. The highest BCUT2D eigenvalue weighted by molar-refractivity contribution is 6.31. The Morgan fingerprint density at radius 1 is 0.978 bits per heavy atom. The van der Waals surface area contributed by atoms with Gasteiger partial charge in [-0.25, -0.2) is 8.78 Å². The Hall–Kier alpha value is -4.91. The third-order valence-electron chi connectivity index (χ3n) is 6.77. The van der Waals surface area contributed by atoms with Crippen LogP contribution in [-0.4, -0.2) is 46.9 Å². The first-order valence-electron chi connectivity index (χ1n) is 13.5. The van der Waals surface area contributed by atoms with Gasteiger partial charge in [0.1, 0.15) is 18.7 Å². The number of carbonyl (C=O) groups excluding carboxylic acids is 3. The van der Waals surface area contributed by atoms with E-state index in [-0.39, 0.29) is 23.6 Å². The van der Waals surface area contributed by atoms with Gasteiger partial charge in [-0.05, 0) is 42.1 Å². The van der Waals surface area contributed by atoms with Gasteiger partial charge in [0.2, 0.25) is 17.5 Å². The third kappa shape index (κ3) is 7.60. The maximum absolute atomic E-state index is 14.1. The van der Waals surface area contributed by atoms with Crippen molar-refractivity contribution in [2.75, 3.05) is 13.7 Å². The van der Waals surface area contributed by atoms with Gasteiger partial charge < -0.3 is 19.5 Å². The first-order valence-corrected chi connectivity index (χ1v) is 13.9. The molecule has 0 aliphatic carbocycles. The van der Waals surface area contributed by atoms with Crippen molar-refractivity contribution in [1.82, 2.24) is 14.9 Å². The number of hydrogen-bond acceptors (Lipinski definition) is 6. The van der Waals surface area contributed by atoms with Crippen LogP contribution in [-0.2, 0) is 14.4 Å². The highest BCUT2D eigenvalue weighted by Crippen LogP contribution is 2.26. The number of amides is 2. The molecule has 4 aromatic rings. The molecule has 0 radical (unpaired) electrons. The zero-order valence-electron chi connectivity index (χ0n) is 23.9. The zero-order chi connectivity index (χ0) is 32.8. The third-order valence-corrected chi connectivity index (χ3v) is 7.01. The molecule has 14 heteroatoms. The highest BCUT2D eigenvalue weighted by Gasteiger charge is 2.31. The molecule has 0 aliphatic rings. The summed E-state index contributed by atoms with van der Waals surface area (Å²) < 4.78 is 61.5. The molecule has 45 heavy (non-hydrogen) atoms. The fraction of sp³-hybridized carbons (Fsp3) is 0.226. The number of nitrogens with zero attached hydrogens (tertiary/aromatic N) is 2. The number of ether oxygens (including phenoxy) is 1. The van der Waals surface area contributed by atoms with E-state index in [9.17, 15) is 36.7 Å². The van der Waals surface area contributed by atoms with Crippen molar-refractivity contribution in [2.24, 2.45) is 0 Å². The van der Waals surface area contributed by atoms with Crippen LogP contribution in [0.15, 0.2) is 71.7 Å². The normalized spacial score (nSPS) is 12.3. The topological polar surface area (TPSA) is 107 Å². The van der Waals surface area contributed by atoms with Crippen molar-refractivity contribution in [3.63, 3.8) is 0 Å². The molecule has 1 N–H and O–H groups in total. The Balaban J connectivity index is 1.60. The van der Waals surface area contributed by atoms with E-state index in [0.717, 1.165) is 9.63 Å². The largest absolute Gasteiger partial charge is 0.479 e. The molecular formula is C31H26ClF4N3O6. The lowest BCUT2D eigenvalue weighted by atomic mass is 10.1. The number of Topliss-reactive ketones (excluding diaryl/α,β-unsaturated/α-hetero) is 1. The Bertz CT molecular complexity index is 1780. The van der Waals surface area contributed by atoms with E-state index in [4.69, 9.17) is 21.2 Å². The number of benzene rings is 3. The number of rotatable bonds is 12. The Morgan fingerprint density at radius 2 is 1.64 bits per heavy atom. The predicted molar refractivity (Wildman–Crippen MR) is 156 cm³/mol. The number of fused-ring (bicyclic) bond motifs is 1. The SMILES string of the molecule is CC[C@@H](C(=O)NC(CC(=O)N(C)Oc1ccccc1)C(=O)COc1c(F)c(F)cc(F)c1F)n1ccc2ccc(Cl)cc2c1=O. The first-order chi connectivity index (χ1) is 21.4. The molecule has 236 valence electrons. The fourth-order valence-corrected chi connectivity index (χ4v) is 4.58. The summed E-state index contributed by atoms with van der Waals surface area (Å²) >= 11 is 6.05. The van der Waals surface area contributed by atoms with E-state index in [1.54, 1.807) is 55.5 Å². The second kappa shape index (κ2) is 14.2. The number of aromatic nitrogens is 1. The molecule has 9 nitrogen and oxygen atoms in total. The van der Waals surface area contributed by atoms with Crippen molar-refractivity contribution in [3.8, 4) is 11.5 Å². The number of hydroxylamine groups is 2. The van der Waals surface area contributed by atoms with Gasteiger partial charge >= 0.3 is 0 Å². The lowest BCUT2D eigenvalue weighted by Gasteiger charge is -2.24. The van der Waals surface area contributed by atoms with E-state index in [1.165, 1.54) is 19.3 Å². The van der Waals surface area contributed by atoms with Gasteiger partial charge in [-0.1, -0.05) is 42.8 Å². The lowest BCUT2D eigenvalue weighted by Crippen LogP contribution is -2.49. The summed E-state index contributed by atoms with van der Waals surface area (Å²) in [5.74, 6) is -11.2. The number of carbonyl (C=O) groups is 3. The van der Waals surface area contributed by atoms with E-state index in [2.05, 4.69) is 5.32 Å². The summed E-state index contributed by atoms with van der Waals surface area (Å²) in [6.07, 6.45) is 0.737. The molecule has 2 atom stereocenters. The van der Waals surface area contributed by atoms with Crippen LogP contribution in [0.2, 0.25) is 5.02 Å². The quantitative estimate of drug-likeness (QED) is 0.130. The monoisotopic (exact) mass is 647 g/mol. The van der Waals surface area contributed by atoms with Gasteiger partial charge in [0.05, 0.1) is 6.42 Å². The molecule has 0 saturated heterocycles. The van der Waals surface area contributed by atoms with Crippen molar-refractivity contribution in [3.05, 3.63) is 106 Å². The van der Waals surface area contributed by atoms with Gasteiger partial charge in [0, 0.05) is 29.7 Å². The summed E-state index contributed by atoms with van der Waals surface area (Å²) in [5.41, 5.74) is -0.547. The summed E-state index contributed by atoms with van der Waals surface area (Å²) in [6.45, 7) is 0.416. The fourth-order valence-electron chi connectivity index (χ4n) is 4.41. The van der Waals surface area contributed by atoms with Crippen LogP contribution in [0.5, 0.6) is 11.5 Å². The van der Waals surface area contributed by atoms with Gasteiger partial charge in [-0.15, -0.1) is 0 Å². The summed E-state index contributed by atoms with van der Waals surface area (Å²) in [7, 11) is 1.25. The van der Waals surface area contributed by atoms with Gasteiger partial charge in [0.25, 0.3) is 11.5 Å². The Morgan fingerprint density at radius 3 is 2.29 bits per heavy atom. The molecule has 0 fully saturated rings. The second-order valence-corrected chi connectivity index (χ2v) is 10.2. The molecule has 3 aromatic carbocycles. The van der Waals surface area contributed by atoms with E-state index in [0.29, 0.717) is 10.4 Å². The van der Waals surface area contributed by atoms with Gasteiger partial charge in [-0.3, -0.25) is 19.2 Å². The second-order valence-electron chi connectivity index (χ2n) is 9.80. The standard InChI is InChI=1S/C31H26ClF4N3O6/c1-3-24(39-12-11-17-9-10-18(32)13-20(17)31(39)43)30(42)37-23(15-26(41)38(2)45-19-7-5-4-6-8-19)25(40)16-44-29-27(35)21(33)14-22(34)28(29)36/h4-14,23-24H,3,15-16H2,1-2H3,(H,37,42)/t23?,24-/m0/s1. The minimum Gasteiger partial charge on any atom is -0.479 e. The van der Waals surface area contributed by atoms with Crippen molar-refractivity contribution >= 4 is 40.0 Å².